The molecule has 25 heavy (non-hydrogen) atoms. The van der Waals surface area contributed by atoms with Gasteiger partial charge in [0.1, 0.15) is 11.6 Å². The lowest BCUT2D eigenvalue weighted by atomic mass is 9.86. The zero-order chi connectivity index (χ0) is 19.6. The molecule has 0 saturated heterocycles. The van der Waals surface area contributed by atoms with Crippen molar-refractivity contribution in [3.63, 3.8) is 0 Å². The molecule has 0 atom stereocenters. The van der Waals surface area contributed by atoms with Gasteiger partial charge in [0.2, 0.25) is 0 Å². The molecule has 0 fully saturated rings. The fourth-order valence-electron chi connectivity index (χ4n) is 2.27. The maximum absolute atomic E-state index is 13.1. The van der Waals surface area contributed by atoms with Gasteiger partial charge in [0.25, 0.3) is 0 Å². The van der Waals surface area contributed by atoms with Crippen LogP contribution in [0.1, 0.15) is 58.2 Å². The Labute approximate surface area is 147 Å². The first-order valence-electron chi connectivity index (χ1n) is 8.14. The predicted octanol–water partition coefficient (Wildman–Crippen LogP) is 6.83. The van der Waals surface area contributed by atoms with E-state index in [4.69, 9.17) is 0 Å². The molecular formula is C21H26F4. The van der Waals surface area contributed by atoms with Gasteiger partial charge in [0.05, 0.1) is 0 Å². The summed E-state index contributed by atoms with van der Waals surface area (Å²) in [6.07, 6.45) is 0. The molecule has 0 aliphatic carbocycles. The smallest absolute Gasteiger partial charge is 0.161 e. The minimum absolute atomic E-state index is 0.0346. The number of benzene rings is 2. The number of halogens is 4. The second-order valence-electron chi connectivity index (χ2n) is 8.26. The number of rotatable bonds is 0. The van der Waals surface area contributed by atoms with Crippen molar-refractivity contribution in [2.24, 2.45) is 0 Å². The van der Waals surface area contributed by atoms with Crippen molar-refractivity contribution < 1.29 is 17.6 Å². The van der Waals surface area contributed by atoms with Crippen LogP contribution < -0.4 is 0 Å². The van der Waals surface area contributed by atoms with Gasteiger partial charge in [-0.1, -0.05) is 47.6 Å². The molecule has 4 heteroatoms. The molecule has 0 aliphatic rings. The zero-order valence-corrected chi connectivity index (χ0v) is 15.9. The normalized spacial score (nSPS) is 11.8. The van der Waals surface area contributed by atoms with Crippen molar-refractivity contribution in [3.8, 4) is 0 Å². The second kappa shape index (κ2) is 7.59. The second-order valence-corrected chi connectivity index (χ2v) is 8.26. The van der Waals surface area contributed by atoms with E-state index in [2.05, 4.69) is 20.8 Å². The van der Waals surface area contributed by atoms with Crippen molar-refractivity contribution >= 4 is 0 Å². The predicted molar refractivity (Wildman–Crippen MR) is 94.9 cm³/mol. The molecule has 0 bridgehead atoms. The van der Waals surface area contributed by atoms with Gasteiger partial charge in [0, 0.05) is 6.07 Å². The Hall–Kier alpha value is -1.84. The molecule has 0 aromatic heterocycles. The van der Waals surface area contributed by atoms with Gasteiger partial charge in [0.15, 0.2) is 11.6 Å². The van der Waals surface area contributed by atoms with Crippen LogP contribution in [0.15, 0.2) is 30.3 Å². The SMILES string of the molecule is CC(C)(C)c1cc(F)c(F)cc1F.Cc1cc(F)cc(C(C)(C)C)c1. The molecule has 0 saturated carbocycles. The monoisotopic (exact) mass is 354 g/mol. The Morgan fingerprint density at radius 2 is 1.12 bits per heavy atom. The van der Waals surface area contributed by atoms with Crippen molar-refractivity contribution in [2.45, 2.75) is 59.3 Å². The highest BCUT2D eigenvalue weighted by atomic mass is 19.2. The quantitative estimate of drug-likeness (QED) is 0.359. The van der Waals surface area contributed by atoms with E-state index < -0.39 is 22.9 Å². The fraction of sp³-hybridized carbons (Fsp3) is 0.429. The zero-order valence-electron chi connectivity index (χ0n) is 15.9. The van der Waals surface area contributed by atoms with Gasteiger partial charge in [-0.05, 0) is 52.6 Å². The molecule has 0 spiro atoms. The highest BCUT2D eigenvalue weighted by Gasteiger charge is 2.20. The minimum atomic E-state index is -1.15. The minimum Gasteiger partial charge on any atom is -0.207 e. The third-order valence-corrected chi connectivity index (χ3v) is 3.73. The summed E-state index contributed by atoms with van der Waals surface area (Å²) >= 11 is 0. The number of hydrogen-bond acceptors (Lipinski definition) is 0. The van der Waals surface area contributed by atoms with Crippen molar-refractivity contribution in [2.75, 3.05) is 0 Å². The Bertz CT molecular complexity index is 715. The maximum atomic E-state index is 13.1. The summed E-state index contributed by atoms with van der Waals surface area (Å²) in [5, 5.41) is 0. The van der Waals surface area contributed by atoms with Gasteiger partial charge >= 0.3 is 0 Å². The average molecular weight is 354 g/mol. The molecule has 0 heterocycles. The standard InChI is InChI=1S/C11H15F.C10H11F3/c1-8-5-9(11(2,3)4)7-10(12)6-8;1-10(2,3)6-4-8(12)9(13)5-7(6)11/h5-7H,1-4H3;4-5H,1-3H3. The lowest BCUT2D eigenvalue weighted by Gasteiger charge is -2.19. The summed E-state index contributed by atoms with van der Waals surface area (Å²) in [5.74, 6) is -3.00. The van der Waals surface area contributed by atoms with Crippen molar-refractivity contribution in [1.82, 2.24) is 0 Å². The molecule has 0 aliphatic heterocycles. The van der Waals surface area contributed by atoms with E-state index in [0.29, 0.717) is 6.07 Å². The van der Waals surface area contributed by atoms with Crippen LogP contribution >= 0.6 is 0 Å². The summed E-state index contributed by atoms with van der Waals surface area (Å²) in [7, 11) is 0. The van der Waals surface area contributed by atoms with Crippen LogP contribution in [-0.2, 0) is 10.8 Å². The van der Waals surface area contributed by atoms with E-state index in [-0.39, 0.29) is 16.8 Å². The summed E-state index contributed by atoms with van der Waals surface area (Å²) < 4.78 is 51.4. The van der Waals surface area contributed by atoms with E-state index in [1.165, 1.54) is 0 Å². The van der Waals surface area contributed by atoms with Crippen LogP contribution in [0.3, 0.4) is 0 Å². The molecule has 2 aromatic carbocycles. The van der Waals surface area contributed by atoms with Gasteiger partial charge in [-0.15, -0.1) is 0 Å². The first-order valence-corrected chi connectivity index (χ1v) is 8.14. The summed E-state index contributed by atoms with van der Waals surface area (Å²) in [6.45, 7) is 13.4. The highest BCUT2D eigenvalue weighted by Crippen LogP contribution is 2.26. The lowest BCUT2D eigenvalue weighted by Crippen LogP contribution is -2.14. The van der Waals surface area contributed by atoms with E-state index >= 15 is 0 Å². The van der Waals surface area contributed by atoms with Crippen LogP contribution in [0.5, 0.6) is 0 Å². The van der Waals surface area contributed by atoms with E-state index in [0.717, 1.165) is 17.2 Å². The van der Waals surface area contributed by atoms with Crippen LogP contribution in [0, 0.1) is 30.2 Å². The van der Waals surface area contributed by atoms with Crippen LogP contribution in [0.4, 0.5) is 17.6 Å². The fourth-order valence-corrected chi connectivity index (χ4v) is 2.27. The molecule has 2 aromatic rings. The molecule has 0 N–H and O–H groups in total. The van der Waals surface area contributed by atoms with Crippen molar-refractivity contribution in [1.29, 1.82) is 0 Å². The van der Waals surface area contributed by atoms with E-state index in [9.17, 15) is 17.6 Å². The molecule has 2 rings (SSSR count). The first kappa shape index (κ1) is 21.2. The van der Waals surface area contributed by atoms with Crippen LogP contribution in [-0.4, -0.2) is 0 Å². The third-order valence-electron chi connectivity index (χ3n) is 3.73. The molecule has 138 valence electrons. The van der Waals surface area contributed by atoms with Crippen LogP contribution in [0.25, 0.3) is 0 Å². The number of aryl methyl sites for hydroxylation is 1. The van der Waals surface area contributed by atoms with Gasteiger partial charge in [-0.25, -0.2) is 17.6 Å². The molecule has 0 radical (unpaired) electrons. The lowest BCUT2D eigenvalue weighted by molar-refractivity contribution is 0.468. The molecule has 0 nitrogen and oxygen atoms in total. The Morgan fingerprint density at radius 3 is 1.56 bits per heavy atom. The number of hydrogen-bond donors (Lipinski definition) is 0. The highest BCUT2D eigenvalue weighted by molar-refractivity contribution is 5.28. The molecule has 0 amide bonds. The maximum Gasteiger partial charge on any atom is 0.161 e. The van der Waals surface area contributed by atoms with Crippen LogP contribution in [0.2, 0.25) is 0 Å². The van der Waals surface area contributed by atoms with Gasteiger partial charge in [-0.2, -0.15) is 0 Å². The Balaban J connectivity index is 0.000000251. The summed E-state index contributed by atoms with van der Waals surface area (Å²) in [4.78, 5) is 0. The van der Waals surface area contributed by atoms with Gasteiger partial charge in [-0.3, -0.25) is 0 Å². The third kappa shape index (κ3) is 6.18. The van der Waals surface area contributed by atoms with Crippen molar-refractivity contribution in [3.05, 3.63) is 70.3 Å². The Kier molecular flexibility index (Phi) is 6.44. The molecular weight excluding hydrogens is 328 g/mol. The topological polar surface area (TPSA) is 0 Å². The summed E-state index contributed by atoms with van der Waals surface area (Å²) in [5.41, 5.74) is 1.75. The Morgan fingerprint density at radius 1 is 0.600 bits per heavy atom. The average Bonchev–Trinajstić information content (AvgIpc) is 2.40. The van der Waals surface area contributed by atoms with E-state index in [1.54, 1.807) is 32.9 Å². The first-order chi connectivity index (χ1) is 11.2. The molecule has 0 unspecified atom stereocenters. The van der Waals surface area contributed by atoms with Gasteiger partial charge < -0.3 is 0 Å². The van der Waals surface area contributed by atoms with E-state index in [1.807, 2.05) is 13.0 Å². The summed E-state index contributed by atoms with van der Waals surface area (Å²) in [6, 6.07) is 6.67. The largest absolute Gasteiger partial charge is 0.207 e.